The van der Waals surface area contributed by atoms with Crippen LogP contribution in [0.2, 0.25) is 0 Å². The minimum Gasteiger partial charge on any atom is -0.396 e. The summed E-state index contributed by atoms with van der Waals surface area (Å²) in [6, 6.07) is 7.46. The maximum absolute atomic E-state index is 10.1. The van der Waals surface area contributed by atoms with Crippen molar-refractivity contribution in [3.63, 3.8) is 0 Å². The van der Waals surface area contributed by atoms with Crippen molar-refractivity contribution in [2.45, 2.75) is 27.2 Å². The van der Waals surface area contributed by atoms with Crippen molar-refractivity contribution in [3.05, 3.63) is 35.4 Å². The highest BCUT2D eigenvalue weighted by molar-refractivity contribution is 5.74. The van der Waals surface area contributed by atoms with E-state index < -0.39 is 0 Å². The first-order valence-electron chi connectivity index (χ1n) is 6.02. The van der Waals surface area contributed by atoms with Crippen molar-refractivity contribution in [2.75, 3.05) is 20.2 Å². The number of aryl methyl sites for hydroxylation is 1. The Morgan fingerprint density at radius 2 is 1.76 bits per heavy atom. The fourth-order valence-corrected chi connectivity index (χ4v) is 0.901. The summed E-state index contributed by atoms with van der Waals surface area (Å²) < 4.78 is 0. The van der Waals surface area contributed by atoms with Crippen LogP contribution in [0, 0.1) is 6.92 Å². The highest BCUT2D eigenvalue weighted by Crippen LogP contribution is 1.98. The lowest BCUT2D eigenvalue weighted by Gasteiger charge is -1.89. The van der Waals surface area contributed by atoms with E-state index in [0.717, 1.165) is 24.8 Å². The number of benzene rings is 1. The van der Waals surface area contributed by atoms with Gasteiger partial charge in [0.25, 0.3) is 0 Å². The molecule has 0 bridgehead atoms. The molecular formula is C14H25NO2. The van der Waals surface area contributed by atoms with Crippen LogP contribution in [0.3, 0.4) is 0 Å². The molecule has 3 nitrogen and oxygen atoms in total. The standard InChI is InChI=1S/C8H8O.C4H11NO.C2H6/c1-7-2-4-8(6-9)5-3-7;1-5-3-2-4-6;1-2/h2-6H,1H3;5-6H,2-4H2,1H3;1-2H3. The quantitative estimate of drug-likeness (QED) is 0.626. The SMILES string of the molecule is CC.CNCCCO.Cc1ccc(C=O)cc1. The van der Waals surface area contributed by atoms with Gasteiger partial charge in [-0.1, -0.05) is 43.7 Å². The molecule has 1 rings (SSSR count). The molecule has 0 aliphatic carbocycles. The topological polar surface area (TPSA) is 49.3 Å². The van der Waals surface area contributed by atoms with Crippen molar-refractivity contribution < 1.29 is 9.90 Å². The third kappa shape index (κ3) is 12.7. The number of carbonyl (C=O) groups excluding carboxylic acids is 1. The number of aldehydes is 1. The molecule has 3 heteroatoms. The fourth-order valence-electron chi connectivity index (χ4n) is 0.901. The van der Waals surface area contributed by atoms with E-state index in [9.17, 15) is 4.79 Å². The van der Waals surface area contributed by atoms with Crippen LogP contribution in [-0.2, 0) is 0 Å². The Hall–Kier alpha value is -1.19. The zero-order valence-corrected chi connectivity index (χ0v) is 11.4. The van der Waals surface area contributed by atoms with Crippen LogP contribution in [0.1, 0.15) is 36.2 Å². The maximum Gasteiger partial charge on any atom is 0.150 e. The number of aliphatic hydroxyl groups excluding tert-OH is 1. The summed E-state index contributed by atoms with van der Waals surface area (Å²) in [5.41, 5.74) is 1.92. The molecule has 98 valence electrons. The summed E-state index contributed by atoms with van der Waals surface area (Å²) in [4.78, 5) is 10.1. The van der Waals surface area contributed by atoms with E-state index >= 15 is 0 Å². The molecule has 17 heavy (non-hydrogen) atoms. The number of nitrogens with one attached hydrogen (secondary N) is 1. The second-order valence-electron chi connectivity index (χ2n) is 3.21. The summed E-state index contributed by atoms with van der Waals surface area (Å²) in [6.45, 7) is 7.20. The molecule has 0 fully saturated rings. The van der Waals surface area contributed by atoms with Crippen molar-refractivity contribution in [1.29, 1.82) is 0 Å². The van der Waals surface area contributed by atoms with Gasteiger partial charge in [0, 0.05) is 12.2 Å². The second-order valence-corrected chi connectivity index (χ2v) is 3.21. The van der Waals surface area contributed by atoms with Crippen LogP contribution < -0.4 is 5.32 Å². The van der Waals surface area contributed by atoms with Gasteiger partial charge in [-0.15, -0.1) is 0 Å². The number of hydrogen-bond donors (Lipinski definition) is 2. The van der Waals surface area contributed by atoms with Gasteiger partial charge in [0.05, 0.1) is 0 Å². The minimum atomic E-state index is 0.292. The van der Waals surface area contributed by atoms with Crippen LogP contribution in [0.15, 0.2) is 24.3 Å². The first kappa shape index (κ1) is 18.2. The lowest BCUT2D eigenvalue weighted by Crippen LogP contribution is -2.08. The third-order valence-electron chi connectivity index (χ3n) is 1.80. The van der Waals surface area contributed by atoms with Gasteiger partial charge in [0.1, 0.15) is 6.29 Å². The van der Waals surface area contributed by atoms with Crippen LogP contribution in [0.4, 0.5) is 0 Å². The summed E-state index contributed by atoms with van der Waals surface area (Å²) >= 11 is 0. The molecule has 0 aromatic heterocycles. The van der Waals surface area contributed by atoms with Crippen molar-refractivity contribution in [3.8, 4) is 0 Å². The Labute approximate surface area is 105 Å². The molecule has 1 aromatic rings. The Balaban J connectivity index is 0. The Kier molecular flexibility index (Phi) is 15.8. The molecule has 2 N–H and O–H groups in total. The van der Waals surface area contributed by atoms with Gasteiger partial charge >= 0.3 is 0 Å². The average molecular weight is 239 g/mol. The molecule has 0 saturated carbocycles. The highest BCUT2D eigenvalue weighted by atomic mass is 16.3. The number of hydrogen-bond acceptors (Lipinski definition) is 3. The van der Waals surface area contributed by atoms with Gasteiger partial charge in [-0.05, 0) is 26.9 Å². The maximum atomic E-state index is 10.1. The molecule has 1 aromatic carbocycles. The highest BCUT2D eigenvalue weighted by Gasteiger charge is 1.85. The normalized spacial score (nSPS) is 8.29. The van der Waals surface area contributed by atoms with Crippen molar-refractivity contribution in [1.82, 2.24) is 5.32 Å². The largest absolute Gasteiger partial charge is 0.396 e. The average Bonchev–Trinajstić information content (AvgIpc) is 2.40. The summed E-state index contributed by atoms with van der Waals surface area (Å²) in [7, 11) is 1.87. The van der Waals surface area contributed by atoms with E-state index in [1.807, 2.05) is 52.1 Å². The van der Waals surface area contributed by atoms with E-state index in [0.29, 0.717) is 6.61 Å². The number of rotatable bonds is 4. The van der Waals surface area contributed by atoms with Crippen LogP contribution >= 0.6 is 0 Å². The van der Waals surface area contributed by atoms with Crippen LogP contribution in [0.25, 0.3) is 0 Å². The first-order valence-corrected chi connectivity index (χ1v) is 6.02. The van der Waals surface area contributed by atoms with E-state index in [-0.39, 0.29) is 0 Å². The molecule has 0 aliphatic rings. The Bertz CT molecular complexity index is 253. The Morgan fingerprint density at radius 1 is 1.24 bits per heavy atom. The van der Waals surface area contributed by atoms with E-state index in [2.05, 4.69) is 5.32 Å². The van der Waals surface area contributed by atoms with Gasteiger partial charge in [-0.25, -0.2) is 0 Å². The first-order chi connectivity index (χ1) is 8.24. The third-order valence-corrected chi connectivity index (χ3v) is 1.80. The van der Waals surface area contributed by atoms with E-state index in [1.165, 1.54) is 5.56 Å². The van der Waals surface area contributed by atoms with Crippen LogP contribution in [-0.4, -0.2) is 31.6 Å². The lowest BCUT2D eigenvalue weighted by atomic mass is 10.2. The van der Waals surface area contributed by atoms with Gasteiger partial charge in [0.2, 0.25) is 0 Å². The lowest BCUT2D eigenvalue weighted by molar-refractivity contribution is 0.112. The van der Waals surface area contributed by atoms with Gasteiger partial charge in [-0.2, -0.15) is 0 Å². The minimum absolute atomic E-state index is 0.292. The molecule has 0 aliphatic heterocycles. The predicted octanol–water partition coefficient (Wildman–Crippen LogP) is 2.42. The molecular weight excluding hydrogens is 214 g/mol. The molecule has 0 amide bonds. The molecule has 0 heterocycles. The summed E-state index contributed by atoms with van der Waals surface area (Å²) in [5.74, 6) is 0. The zero-order chi connectivity index (χ0) is 13.5. The molecule has 0 spiro atoms. The summed E-state index contributed by atoms with van der Waals surface area (Å²) in [6.07, 6.45) is 1.70. The fraction of sp³-hybridized carbons (Fsp3) is 0.500. The molecule has 0 unspecified atom stereocenters. The molecule has 0 saturated heterocycles. The number of carbonyl (C=O) groups is 1. The predicted molar refractivity (Wildman–Crippen MR) is 73.5 cm³/mol. The monoisotopic (exact) mass is 239 g/mol. The van der Waals surface area contributed by atoms with Gasteiger partial charge in [0.15, 0.2) is 0 Å². The van der Waals surface area contributed by atoms with Crippen LogP contribution in [0.5, 0.6) is 0 Å². The molecule has 0 radical (unpaired) electrons. The van der Waals surface area contributed by atoms with Gasteiger partial charge < -0.3 is 10.4 Å². The molecule has 0 atom stereocenters. The van der Waals surface area contributed by atoms with E-state index in [4.69, 9.17) is 5.11 Å². The van der Waals surface area contributed by atoms with Gasteiger partial charge in [-0.3, -0.25) is 4.79 Å². The summed E-state index contributed by atoms with van der Waals surface area (Å²) in [5, 5.41) is 11.1. The smallest absolute Gasteiger partial charge is 0.150 e. The van der Waals surface area contributed by atoms with E-state index in [1.54, 1.807) is 0 Å². The number of aliphatic hydroxyl groups is 1. The second kappa shape index (κ2) is 14.8. The zero-order valence-electron chi connectivity index (χ0n) is 11.4. The van der Waals surface area contributed by atoms with Crippen molar-refractivity contribution >= 4 is 6.29 Å². The van der Waals surface area contributed by atoms with Crippen molar-refractivity contribution in [2.24, 2.45) is 0 Å². The Morgan fingerprint density at radius 3 is 2.06 bits per heavy atom.